The fraction of sp³-hybridized carbons (Fsp3) is 0.167. The van der Waals surface area contributed by atoms with Gasteiger partial charge in [0.25, 0.3) is 0 Å². The predicted octanol–water partition coefficient (Wildman–Crippen LogP) is 3.74. The maximum absolute atomic E-state index is 11.5. The molecule has 0 bridgehead atoms. The van der Waals surface area contributed by atoms with E-state index in [1.165, 1.54) is 7.11 Å². The van der Waals surface area contributed by atoms with Crippen molar-refractivity contribution in [2.24, 2.45) is 0 Å². The highest BCUT2D eigenvalue weighted by Crippen LogP contribution is 2.21. The standard InChI is InChI=1S/C18H18O3/c1-13(15-7-9-17(20-2)10-8-15)11-14-5-4-6-16(12-14)18(19)21-3/h4-10,12H,1,11H2,2-3H3. The predicted molar refractivity (Wildman–Crippen MR) is 83.5 cm³/mol. The van der Waals surface area contributed by atoms with Gasteiger partial charge in [-0.25, -0.2) is 4.79 Å². The lowest BCUT2D eigenvalue weighted by atomic mass is 9.98. The van der Waals surface area contributed by atoms with Crippen LogP contribution in [0, 0.1) is 0 Å². The minimum atomic E-state index is -0.327. The zero-order valence-corrected chi connectivity index (χ0v) is 12.3. The van der Waals surface area contributed by atoms with E-state index in [4.69, 9.17) is 9.47 Å². The molecule has 0 aliphatic heterocycles. The Morgan fingerprint density at radius 3 is 2.38 bits per heavy atom. The zero-order chi connectivity index (χ0) is 15.2. The first kappa shape index (κ1) is 14.9. The first-order valence-corrected chi connectivity index (χ1v) is 6.63. The molecule has 0 amide bonds. The first-order chi connectivity index (χ1) is 10.1. The van der Waals surface area contributed by atoms with Gasteiger partial charge in [0.15, 0.2) is 0 Å². The second kappa shape index (κ2) is 6.75. The molecule has 0 heterocycles. The molecular weight excluding hydrogens is 264 g/mol. The van der Waals surface area contributed by atoms with Crippen LogP contribution in [0.3, 0.4) is 0 Å². The summed E-state index contributed by atoms with van der Waals surface area (Å²) in [6, 6.07) is 15.2. The Kier molecular flexibility index (Phi) is 4.77. The molecule has 0 fully saturated rings. The smallest absolute Gasteiger partial charge is 0.337 e. The summed E-state index contributed by atoms with van der Waals surface area (Å²) in [5, 5.41) is 0. The summed E-state index contributed by atoms with van der Waals surface area (Å²) in [7, 11) is 3.02. The molecule has 0 aromatic heterocycles. The van der Waals surface area contributed by atoms with Gasteiger partial charge in [-0.1, -0.05) is 30.8 Å². The van der Waals surface area contributed by atoms with E-state index in [-0.39, 0.29) is 5.97 Å². The Morgan fingerprint density at radius 2 is 1.76 bits per heavy atom. The lowest BCUT2D eigenvalue weighted by Crippen LogP contribution is -2.02. The van der Waals surface area contributed by atoms with Gasteiger partial charge in [0.1, 0.15) is 5.75 Å². The number of carbonyl (C=O) groups excluding carboxylic acids is 1. The van der Waals surface area contributed by atoms with Gasteiger partial charge in [-0.3, -0.25) is 0 Å². The molecule has 0 radical (unpaired) electrons. The monoisotopic (exact) mass is 282 g/mol. The molecule has 0 saturated heterocycles. The third kappa shape index (κ3) is 3.72. The zero-order valence-electron chi connectivity index (χ0n) is 12.3. The molecule has 3 nitrogen and oxygen atoms in total. The van der Waals surface area contributed by atoms with Gasteiger partial charge in [-0.05, 0) is 47.4 Å². The number of allylic oxidation sites excluding steroid dienone is 1. The van der Waals surface area contributed by atoms with Crippen LogP contribution in [0.4, 0.5) is 0 Å². The summed E-state index contributed by atoms with van der Waals surface area (Å²) in [4.78, 5) is 11.5. The normalized spacial score (nSPS) is 10.0. The van der Waals surface area contributed by atoms with Gasteiger partial charge in [0.05, 0.1) is 19.8 Å². The fourth-order valence-electron chi connectivity index (χ4n) is 2.10. The van der Waals surface area contributed by atoms with Crippen LogP contribution in [0.1, 0.15) is 21.5 Å². The molecule has 2 rings (SSSR count). The minimum absolute atomic E-state index is 0.327. The number of esters is 1. The Labute approximate surface area is 124 Å². The molecule has 0 spiro atoms. The average molecular weight is 282 g/mol. The second-order valence-electron chi connectivity index (χ2n) is 4.70. The number of methoxy groups -OCH3 is 2. The summed E-state index contributed by atoms with van der Waals surface area (Å²) in [6.07, 6.45) is 0.678. The summed E-state index contributed by atoms with van der Waals surface area (Å²) >= 11 is 0. The fourth-order valence-corrected chi connectivity index (χ4v) is 2.10. The number of rotatable bonds is 5. The largest absolute Gasteiger partial charge is 0.497 e. The van der Waals surface area contributed by atoms with Crippen molar-refractivity contribution < 1.29 is 14.3 Å². The van der Waals surface area contributed by atoms with E-state index in [1.807, 2.05) is 42.5 Å². The van der Waals surface area contributed by atoms with Crippen LogP contribution >= 0.6 is 0 Å². The van der Waals surface area contributed by atoms with Crippen molar-refractivity contribution in [3.63, 3.8) is 0 Å². The highest BCUT2D eigenvalue weighted by atomic mass is 16.5. The number of benzene rings is 2. The van der Waals surface area contributed by atoms with Gasteiger partial charge in [0, 0.05) is 0 Å². The number of hydrogen-bond acceptors (Lipinski definition) is 3. The Balaban J connectivity index is 2.13. The summed E-state index contributed by atoms with van der Waals surface area (Å²) in [6.45, 7) is 4.11. The van der Waals surface area contributed by atoms with Gasteiger partial charge >= 0.3 is 5.97 Å². The minimum Gasteiger partial charge on any atom is -0.497 e. The topological polar surface area (TPSA) is 35.5 Å². The summed E-state index contributed by atoms with van der Waals surface area (Å²) in [5.74, 6) is 0.492. The first-order valence-electron chi connectivity index (χ1n) is 6.63. The van der Waals surface area contributed by atoms with Gasteiger partial charge in [-0.2, -0.15) is 0 Å². The van der Waals surface area contributed by atoms with Gasteiger partial charge in [-0.15, -0.1) is 0 Å². The van der Waals surface area contributed by atoms with E-state index in [0.717, 1.165) is 22.4 Å². The van der Waals surface area contributed by atoms with Crippen LogP contribution in [0.2, 0.25) is 0 Å². The van der Waals surface area contributed by atoms with Crippen molar-refractivity contribution in [2.75, 3.05) is 14.2 Å². The van der Waals surface area contributed by atoms with E-state index < -0.39 is 0 Å². The van der Waals surface area contributed by atoms with E-state index >= 15 is 0 Å². The van der Waals surface area contributed by atoms with Gasteiger partial charge < -0.3 is 9.47 Å². The molecule has 0 aliphatic carbocycles. The van der Waals surface area contributed by atoms with Crippen LogP contribution in [0.25, 0.3) is 5.57 Å². The average Bonchev–Trinajstić information content (AvgIpc) is 2.54. The maximum Gasteiger partial charge on any atom is 0.337 e. The Hall–Kier alpha value is -2.55. The lowest BCUT2D eigenvalue weighted by molar-refractivity contribution is 0.0600. The molecule has 3 heteroatoms. The van der Waals surface area contributed by atoms with Crippen molar-refractivity contribution in [3.05, 3.63) is 71.8 Å². The van der Waals surface area contributed by atoms with E-state index in [0.29, 0.717) is 12.0 Å². The van der Waals surface area contributed by atoms with Crippen LogP contribution < -0.4 is 4.74 Å². The summed E-state index contributed by atoms with van der Waals surface area (Å²) < 4.78 is 9.87. The molecule has 2 aromatic carbocycles. The SMILES string of the molecule is C=C(Cc1cccc(C(=O)OC)c1)c1ccc(OC)cc1. The quantitative estimate of drug-likeness (QED) is 0.784. The molecule has 0 saturated carbocycles. The van der Waals surface area contributed by atoms with Crippen molar-refractivity contribution in [2.45, 2.75) is 6.42 Å². The van der Waals surface area contributed by atoms with E-state index in [2.05, 4.69) is 6.58 Å². The van der Waals surface area contributed by atoms with E-state index in [9.17, 15) is 4.79 Å². The third-order valence-electron chi connectivity index (χ3n) is 3.26. The Bertz CT molecular complexity index is 642. The van der Waals surface area contributed by atoms with E-state index in [1.54, 1.807) is 13.2 Å². The van der Waals surface area contributed by atoms with Crippen LogP contribution in [-0.2, 0) is 11.2 Å². The Morgan fingerprint density at radius 1 is 1.05 bits per heavy atom. The number of ether oxygens (including phenoxy) is 2. The summed E-state index contributed by atoms with van der Waals surface area (Å²) in [5.41, 5.74) is 3.62. The molecule has 108 valence electrons. The van der Waals surface area contributed by atoms with Crippen LogP contribution in [0.5, 0.6) is 5.75 Å². The molecule has 0 N–H and O–H groups in total. The molecule has 0 aliphatic rings. The van der Waals surface area contributed by atoms with Gasteiger partial charge in [0.2, 0.25) is 0 Å². The maximum atomic E-state index is 11.5. The van der Waals surface area contributed by atoms with Crippen LogP contribution in [0.15, 0.2) is 55.1 Å². The van der Waals surface area contributed by atoms with Crippen molar-refractivity contribution >= 4 is 11.5 Å². The molecule has 0 unspecified atom stereocenters. The molecule has 21 heavy (non-hydrogen) atoms. The molecule has 2 aromatic rings. The van der Waals surface area contributed by atoms with Crippen molar-refractivity contribution in [1.82, 2.24) is 0 Å². The van der Waals surface area contributed by atoms with Crippen molar-refractivity contribution in [1.29, 1.82) is 0 Å². The lowest BCUT2D eigenvalue weighted by Gasteiger charge is -2.08. The molecular formula is C18H18O3. The third-order valence-corrected chi connectivity index (χ3v) is 3.26. The second-order valence-corrected chi connectivity index (χ2v) is 4.70. The van der Waals surface area contributed by atoms with Crippen LogP contribution in [-0.4, -0.2) is 20.2 Å². The highest BCUT2D eigenvalue weighted by Gasteiger charge is 2.07. The molecule has 0 atom stereocenters. The number of carbonyl (C=O) groups is 1. The number of hydrogen-bond donors (Lipinski definition) is 0. The highest BCUT2D eigenvalue weighted by molar-refractivity contribution is 5.89. The van der Waals surface area contributed by atoms with Crippen molar-refractivity contribution in [3.8, 4) is 5.75 Å².